The summed E-state index contributed by atoms with van der Waals surface area (Å²) in [6, 6.07) is 0.916. The Morgan fingerprint density at radius 1 is 1.36 bits per heavy atom. The quantitative estimate of drug-likeness (QED) is 0.485. The Kier molecular flexibility index (Phi) is 7.96. The van der Waals surface area contributed by atoms with Crippen molar-refractivity contribution in [1.29, 1.82) is 0 Å². The van der Waals surface area contributed by atoms with Crippen molar-refractivity contribution in [1.82, 2.24) is 4.98 Å². The molecule has 0 amide bonds. The fourth-order valence-electron chi connectivity index (χ4n) is 2.00. The highest BCUT2D eigenvalue weighted by Crippen LogP contribution is 2.29. The normalized spacial score (nSPS) is 16.6. The Hall–Kier alpha value is -1.84. The average molecular weight is 370 g/mol. The number of nitrogens with zero attached hydrogens (tertiary/aromatic N) is 2. The number of pyridine rings is 1. The van der Waals surface area contributed by atoms with Crippen LogP contribution in [-0.2, 0) is 19.0 Å². The summed E-state index contributed by atoms with van der Waals surface area (Å²) in [5.74, 6) is 0.500. The molecular weight excluding hydrogens is 348 g/mol. The van der Waals surface area contributed by atoms with Gasteiger partial charge in [0.1, 0.15) is 28.8 Å². The zero-order valence-electron chi connectivity index (χ0n) is 14.3. The second-order valence-corrected chi connectivity index (χ2v) is 6.01. The largest absolute Gasteiger partial charge is 0.505 e. The van der Waals surface area contributed by atoms with Crippen LogP contribution in [-0.4, -0.2) is 73.0 Å². The molecule has 25 heavy (non-hydrogen) atoms. The number of thioether (sulfide) groups is 1. The number of aliphatic imine (C=N–C) groups is 1. The van der Waals surface area contributed by atoms with Crippen LogP contribution in [0.1, 0.15) is 12.6 Å². The minimum atomic E-state index is -0.554. The van der Waals surface area contributed by atoms with E-state index in [4.69, 9.17) is 18.9 Å². The van der Waals surface area contributed by atoms with Crippen molar-refractivity contribution in [2.75, 3.05) is 45.9 Å². The summed E-state index contributed by atoms with van der Waals surface area (Å²) in [5, 5.41) is 10.7. The minimum Gasteiger partial charge on any atom is -0.505 e. The molecule has 9 heteroatoms. The van der Waals surface area contributed by atoms with Crippen LogP contribution in [0.5, 0.6) is 11.5 Å². The van der Waals surface area contributed by atoms with E-state index in [1.807, 2.05) is 0 Å². The van der Waals surface area contributed by atoms with Crippen molar-refractivity contribution in [3.63, 3.8) is 0 Å². The molecule has 1 aromatic rings. The molecule has 0 bridgehead atoms. The highest BCUT2D eigenvalue weighted by atomic mass is 32.2. The lowest BCUT2D eigenvalue weighted by molar-refractivity contribution is -0.143. The molecule has 0 radical (unpaired) electrons. The molecule has 0 saturated heterocycles. The first-order valence-corrected chi connectivity index (χ1v) is 8.90. The number of aromatic hydroxyl groups is 1. The highest BCUT2D eigenvalue weighted by molar-refractivity contribution is 8.14. The van der Waals surface area contributed by atoms with Gasteiger partial charge in [0.15, 0.2) is 6.04 Å². The Morgan fingerprint density at radius 2 is 2.16 bits per heavy atom. The van der Waals surface area contributed by atoms with Gasteiger partial charge in [0, 0.05) is 18.9 Å². The molecule has 0 spiro atoms. The molecule has 1 aliphatic heterocycles. The van der Waals surface area contributed by atoms with Crippen molar-refractivity contribution in [3.05, 3.63) is 18.0 Å². The van der Waals surface area contributed by atoms with E-state index < -0.39 is 6.04 Å². The van der Waals surface area contributed by atoms with Crippen LogP contribution in [0.15, 0.2) is 17.3 Å². The average Bonchev–Trinajstić information content (AvgIpc) is 3.08. The Bertz CT molecular complexity index is 610. The lowest BCUT2D eigenvalue weighted by Crippen LogP contribution is -2.21. The van der Waals surface area contributed by atoms with Gasteiger partial charge < -0.3 is 24.1 Å². The Balaban J connectivity index is 1.89. The van der Waals surface area contributed by atoms with Gasteiger partial charge in [-0.3, -0.25) is 4.99 Å². The van der Waals surface area contributed by atoms with Crippen molar-refractivity contribution < 1.29 is 28.8 Å². The molecule has 0 saturated carbocycles. The molecule has 138 valence electrons. The van der Waals surface area contributed by atoms with Crippen molar-refractivity contribution in [2.24, 2.45) is 4.99 Å². The maximum Gasteiger partial charge on any atom is 0.331 e. The van der Waals surface area contributed by atoms with E-state index in [9.17, 15) is 9.90 Å². The number of carbonyl (C=O) groups is 1. The molecule has 0 aromatic carbocycles. The van der Waals surface area contributed by atoms with Crippen LogP contribution in [0.3, 0.4) is 0 Å². The Labute approximate surface area is 150 Å². The second-order valence-electron chi connectivity index (χ2n) is 5.01. The minimum absolute atomic E-state index is 0.0476. The predicted octanol–water partition coefficient (Wildman–Crippen LogP) is 1.25. The van der Waals surface area contributed by atoms with Crippen LogP contribution in [0.25, 0.3) is 0 Å². The van der Waals surface area contributed by atoms with Crippen LogP contribution in [0, 0.1) is 0 Å². The fourth-order valence-corrected chi connectivity index (χ4v) is 3.03. The topological polar surface area (TPSA) is 99.5 Å². The number of esters is 1. The van der Waals surface area contributed by atoms with Gasteiger partial charge in [-0.15, -0.1) is 11.8 Å². The van der Waals surface area contributed by atoms with Crippen molar-refractivity contribution in [2.45, 2.75) is 13.0 Å². The van der Waals surface area contributed by atoms with E-state index in [1.165, 1.54) is 24.0 Å². The monoisotopic (exact) mass is 370 g/mol. The lowest BCUT2D eigenvalue weighted by atomic mass is 10.3. The summed E-state index contributed by atoms with van der Waals surface area (Å²) >= 11 is 1.36. The number of hydrogen-bond donors (Lipinski definition) is 1. The first kappa shape index (κ1) is 19.5. The van der Waals surface area contributed by atoms with Crippen LogP contribution in [0.4, 0.5) is 0 Å². The number of ether oxygens (including phenoxy) is 4. The molecule has 1 atom stereocenters. The first-order valence-electron chi connectivity index (χ1n) is 7.91. The zero-order valence-corrected chi connectivity index (χ0v) is 15.1. The summed E-state index contributed by atoms with van der Waals surface area (Å²) in [5.41, 5.74) is 0.334. The van der Waals surface area contributed by atoms with Gasteiger partial charge in [0.05, 0.1) is 32.6 Å². The number of hydrogen-bond acceptors (Lipinski definition) is 9. The number of carbonyl (C=O) groups excluding carboxylic acids is 1. The van der Waals surface area contributed by atoms with Gasteiger partial charge in [-0.2, -0.15) is 0 Å². The molecule has 8 nitrogen and oxygen atoms in total. The van der Waals surface area contributed by atoms with Crippen LogP contribution < -0.4 is 4.74 Å². The van der Waals surface area contributed by atoms with E-state index in [0.29, 0.717) is 55.3 Å². The molecule has 2 rings (SSSR count). The first-order chi connectivity index (χ1) is 12.2. The fraction of sp³-hybridized carbons (Fsp3) is 0.562. The Morgan fingerprint density at radius 3 is 2.88 bits per heavy atom. The van der Waals surface area contributed by atoms with Gasteiger partial charge in [-0.1, -0.05) is 0 Å². The number of aromatic nitrogens is 1. The third-order valence-electron chi connectivity index (χ3n) is 3.18. The summed E-state index contributed by atoms with van der Waals surface area (Å²) in [7, 11) is 1.61. The van der Waals surface area contributed by atoms with E-state index in [1.54, 1.807) is 14.0 Å². The molecule has 0 aliphatic carbocycles. The summed E-state index contributed by atoms with van der Waals surface area (Å²) in [6.45, 7) is 3.85. The molecular formula is C16H22N2O6S. The molecule has 0 unspecified atom stereocenters. The second kappa shape index (κ2) is 10.2. The molecule has 1 aromatic heterocycles. The van der Waals surface area contributed by atoms with E-state index in [-0.39, 0.29) is 11.7 Å². The molecule has 1 aliphatic rings. The third-order valence-corrected chi connectivity index (χ3v) is 4.24. The molecule has 2 heterocycles. The summed E-state index contributed by atoms with van der Waals surface area (Å²) in [4.78, 5) is 20.2. The van der Waals surface area contributed by atoms with Crippen LogP contribution >= 0.6 is 11.8 Å². The molecule has 1 N–H and O–H groups in total. The van der Waals surface area contributed by atoms with E-state index in [0.717, 1.165) is 0 Å². The van der Waals surface area contributed by atoms with Gasteiger partial charge in [-0.25, -0.2) is 9.78 Å². The van der Waals surface area contributed by atoms with Crippen LogP contribution in [0.2, 0.25) is 0 Å². The lowest BCUT2D eigenvalue weighted by Gasteiger charge is -2.08. The van der Waals surface area contributed by atoms with Gasteiger partial charge >= 0.3 is 5.97 Å². The highest BCUT2D eigenvalue weighted by Gasteiger charge is 2.28. The van der Waals surface area contributed by atoms with E-state index in [2.05, 4.69) is 9.98 Å². The standard InChI is InChI=1S/C16H22N2O6S/c1-3-23-16(20)12-10-25-15(18-12)14-13(19)8-11(9-17-14)24-7-6-22-5-4-21-2/h8-9,12,19H,3-7,10H2,1-2H3/t12-/m1/s1. The molecule has 0 fully saturated rings. The maximum absolute atomic E-state index is 11.7. The predicted molar refractivity (Wildman–Crippen MR) is 93.5 cm³/mol. The number of rotatable bonds is 10. The third kappa shape index (κ3) is 5.87. The summed E-state index contributed by atoms with van der Waals surface area (Å²) < 4.78 is 20.6. The van der Waals surface area contributed by atoms with Crippen molar-refractivity contribution in [3.8, 4) is 11.5 Å². The smallest absolute Gasteiger partial charge is 0.331 e. The van der Waals surface area contributed by atoms with Crippen molar-refractivity contribution >= 4 is 22.8 Å². The van der Waals surface area contributed by atoms with Gasteiger partial charge in [0.25, 0.3) is 0 Å². The SMILES string of the molecule is CCOC(=O)[C@H]1CSC(c2ncc(OCCOCCOC)cc2O)=N1. The van der Waals surface area contributed by atoms with Gasteiger partial charge in [-0.05, 0) is 6.92 Å². The zero-order chi connectivity index (χ0) is 18.1. The summed E-state index contributed by atoms with van der Waals surface area (Å²) in [6.07, 6.45) is 1.50. The van der Waals surface area contributed by atoms with E-state index >= 15 is 0 Å². The van der Waals surface area contributed by atoms with Gasteiger partial charge in [0.2, 0.25) is 0 Å². The number of methoxy groups -OCH3 is 1. The maximum atomic E-state index is 11.7.